The Balaban J connectivity index is 2.28. The van der Waals surface area contributed by atoms with E-state index < -0.39 is 17.6 Å². The van der Waals surface area contributed by atoms with Crippen molar-refractivity contribution < 1.29 is 18.8 Å². The summed E-state index contributed by atoms with van der Waals surface area (Å²) in [5, 5.41) is 7.37. The molecule has 114 valence electrons. The van der Waals surface area contributed by atoms with Gasteiger partial charge in [0.25, 0.3) is 5.91 Å². The molecule has 0 spiro atoms. The minimum absolute atomic E-state index is 0.134. The van der Waals surface area contributed by atoms with E-state index in [1.165, 1.54) is 12.1 Å². The number of carbonyl (C=O) groups is 3. The number of rotatable bonds is 7. The van der Waals surface area contributed by atoms with Gasteiger partial charge in [-0.3, -0.25) is 14.4 Å². The first-order valence-electron chi connectivity index (χ1n) is 6.60. The third-order valence-corrected chi connectivity index (χ3v) is 2.53. The summed E-state index contributed by atoms with van der Waals surface area (Å²) < 4.78 is 12.7. The van der Waals surface area contributed by atoms with Gasteiger partial charge in [-0.15, -0.1) is 0 Å². The van der Waals surface area contributed by atoms with Gasteiger partial charge in [-0.1, -0.05) is 6.92 Å². The molecular weight excluding hydrogens is 277 g/mol. The molecule has 0 atom stereocenters. The lowest BCUT2D eigenvalue weighted by Crippen LogP contribution is -2.42. The minimum Gasteiger partial charge on any atom is -0.355 e. The third-order valence-electron chi connectivity index (χ3n) is 2.53. The molecule has 3 amide bonds. The molecule has 1 aromatic rings. The number of carbonyl (C=O) groups excluding carboxylic acids is 3. The molecule has 0 aliphatic rings. The fourth-order valence-electron chi connectivity index (χ4n) is 1.43. The predicted octanol–water partition coefficient (Wildman–Crippen LogP) is 0.198. The van der Waals surface area contributed by atoms with Gasteiger partial charge < -0.3 is 16.0 Å². The van der Waals surface area contributed by atoms with E-state index in [0.29, 0.717) is 6.54 Å². The lowest BCUT2D eigenvalue weighted by molar-refractivity contribution is -0.125. The first-order valence-corrected chi connectivity index (χ1v) is 6.60. The third kappa shape index (κ3) is 6.51. The highest BCUT2D eigenvalue weighted by atomic mass is 19.1. The topological polar surface area (TPSA) is 87.3 Å². The number of nitrogens with one attached hydrogen (secondary N) is 3. The van der Waals surface area contributed by atoms with Crippen molar-refractivity contribution in [1.82, 2.24) is 16.0 Å². The zero-order valence-corrected chi connectivity index (χ0v) is 11.7. The van der Waals surface area contributed by atoms with Crippen LogP contribution in [0.4, 0.5) is 4.39 Å². The van der Waals surface area contributed by atoms with Crippen LogP contribution >= 0.6 is 0 Å². The second-order valence-electron chi connectivity index (χ2n) is 4.32. The second kappa shape index (κ2) is 8.68. The van der Waals surface area contributed by atoms with Crippen molar-refractivity contribution in [3.8, 4) is 0 Å². The standard InChI is InChI=1S/C14H18FN3O3/c1-2-7-16-12(19)8-17-13(20)9-18-14(21)10-3-5-11(15)6-4-10/h3-6H,2,7-9H2,1H3,(H,16,19)(H,17,20)(H,18,21). The molecule has 0 aromatic heterocycles. The van der Waals surface area contributed by atoms with Crippen molar-refractivity contribution in [2.24, 2.45) is 0 Å². The molecule has 0 saturated heterocycles. The Kier molecular flexibility index (Phi) is 6.86. The average Bonchev–Trinajstić information content (AvgIpc) is 2.49. The molecule has 0 unspecified atom stereocenters. The number of halogens is 1. The highest BCUT2D eigenvalue weighted by molar-refractivity contribution is 5.96. The van der Waals surface area contributed by atoms with Gasteiger partial charge in [0.15, 0.2) is 0 Å². The molecule has 0 aliphatic carbocycles. The van der Waals surface area contributed by atoms with Gasteiger partial charge in [0.05, 0.1) is 13.1 Å². The van der Waals surface area contributed by atoms with E-state index in [1.54, 1.807) is 0 Å². The maximum absolute atomic E-state index is 12.7. The molecule has 0 fully saturated rings. The average molecular weight is 295 g/mol. The van der Waals surface area contributed by atoms with Crippen LogP contribution in [0.1, 0.15) is 23.7 Å². The monoisotopic (exact) mass is 295 g/mol. The molecule has 6 nitrogen and oxygen atoms in total. The Hall–Kier alpha value is -2.44. The van der Waals surface area contributed by atoms with Gasteiger partial charge >= 0.3 is 0 Å². The van der Waals surface area contributed by atoms with Crippen LogP contribution < -0.4 is 16.0 Å². The molecule has 0 saturated carbocycles. The molecule has 1 rings (SSSR count). The second-order valence-corrected chi connectivity index (χ2v) is 4.32. The number of hydrogen-bond donors (Lipinski definition) is 3. The summed E-state index contributed by atoms with van der Waals surface area (Å²) in [7, 11) is 0. The van der Waals surface area contributed by atoms with E-state index in [2.05, 4.69) is 16.0 Å². The van der Waals surface area contributed by atoms with Gasteiger partial charge in [-0.25, -0.2) is 4.39 Å². The summed E-state index contributed by atoms with van der Waals surface area (Å²) in [5.41, 5.74) is 0.255. The summed E-state index contributed by atoms with van der Waals surface area (Å²) >= 11 is 0. The number of hydrogen-bond acceptors (Lipinski definition) is 3. The van der Waals surface area contributed by atoms with E-state index >= 15 is 0 Å². The van der Waals surface area contributed by atoms with Crippen LogP contribution in [0.2, 0.25) is 0 Å². The summed E-state index contributed by atoms with van der Waals surface area (Å²) in [6.07, 6.45) is 0.813. The van der Waals surface area contributed by atoms with Crippen LogP contribution in [0.15, 0.2) is 24.3 Å². The summed E-state index contributed by atoms with van der Waals surface area (Å²) in [4.78, 5) is 34.3. The van der Waals surface area contributed by atoms with E-state index in [0.717, 1.165) is 18.6 Å². The first kappa shape index (κ1) is 16.6. The molecule has 0 radical (unpaired) electrons. The Morgan fingerprint density at radius 1 is 0.952 bits per heavy atom. The Morgan fingerprint density at radius 2 is 1.52 bits per heavy atom. The zero-order valence-electron chi connectivity index (χ0n) is 11.7. The van der Waals surface area contributed by atoms with Crippen LogP contribution in [0.25, 0.3) is 0 Å². The van der Waals surface area contributed by atoms with Gasteiger partial charge in [0.1, 0.15) is 5.82 Å². The van der Waals surface area contributed by atoms with Gasteiger partial charge in [0.2, 0.25) is 11.8 Å². The van der Waals surface area contributed by atoms with Crippen LogP contribution in [-0.4, -0.2) is 37.4 Å². The zero-order chi connectivity index (χ0) is 15.7. The van der Waals surface area contributed by atoms with Crippen LogP contribution in [0.5, 0.6) is 0 Å². The molecule has 0 heterocycles. The summed E-state index contributed by atoms with van der Waals surface area (Å²) in [5.74, 6) is -1.69. The van der Waals surface area contributed by atoms with Crippen molar-refractivity contribution in [2.45, 2.75) is 13.3 Å². The minimum atomic E-state index is -0.486. The molecule has 21 heavy (non-hydrogen) atoms. The number of amides is 3. The highest BCUT2D eigenvalue weighted by Crippen LogP contribution is 2.01. The molecule has 3 N–H and O–H groups in total. The van der Waals surface area contributed by atoms with E-state index in [4.69, 9.17) is 0 Å². The Morgan fingerprint density at radius 3 is 2.14 bits per heavy atom. The Labute approximate surface area is 122 Å². The summed E-state index contributed by atoms with van der Waals surface area (Å²) in [6, 6.07) is 4.96. The van der Waals surface area contributed by atoms with Gasteiger partial charge in [0, 0.05) is 12.1 Å². The first-order chi connectivity index (χ1) is 10.0. The molecule has 0 aliphatic heterocycles. The smallest absolute Gasteiger partial charge is 0.251 e. The van der Waals surface area contributed by atoms with E-state index in [1.807, 2.05) is 6.92 Å². The molecule has 7 heteroatoms. The lowest BCUT2D eigenvalue weighted by atomic mass is 10.2. The fourth-order valence-corrected chi connectivity index (χ4v) is 1.43. The Bertz CT molecular complexity index is 503. The predicted molar refractivity (Wildman–Crippen MR) is 75.0 cm³/mol. The van der Waals surface area contributed by atoms with Gasteiger partial charge in [-0.2, -0.15) is 0 Å². The van der Waals surface area contributed by atoms with Crippen molar-refractivity contribution in [2.75, 3.05) is 19.6 Å². The normalized spacial score (nSPS) is 9.81. The van der Waals surface area contributed by atoms with E-state index in [9.17, 15) is 18.8 Å². The molecule has 0 bridgehead atoms. The SMILES string of the molecule is CCCNC(=O)CNC(=O)CNC(=O)c1ccc(F)cc1. The maximum atomic E-state index is 12.7. The fraction of sp³-hybridized carbons (Fsp3) is 0.357. The molecular formula is C14H18FN3O3. The van der Waals surface area contributed by atoms with Crippen molar-refractivity contribution in [1.29, 1.82) is 0 Å². The number of benzene rings is 1. The maximum Gasteiger partial charge on any atom is 0.251 e. The van der Waals surface area contributed by atoms with E-state index in [-0.39, 0.29) is 24.6 Å². The van der Waals surface area contributed by atoms with Crippen LogP contribution in [0.3, 0.4) is 0 Å². The van der Waals surface area contributed by atoms with Gasteiger partial charge in [-0.05, 0) is 30.7 Å². The van der Waals surface area contributed by atoms with Crippen LogP contribution in [-0.2, 0) is 9.59 Å². The van der Waals surface area contributed by atoms with Crippen LogP contribution in [0, 0.1) is 5.82 Å². The summed E-state index contributed by atoms with van der Waals surface area (Å²) in [6.45, 7) is 2.09. The van der Waals surface area contributed by atoms with Crippen molar-refractivity contribution >= 4 is 17.7 Å². The lowest BCUT2D eigenvalue weighted by Gasteiger charge is -2.07. The largest absolute Gasteiger partial charge is 0.355 e. The highest BCUT2D eigenvalue weighted by Gasteiger charge is 2.09. The van der Waals surface area contributed by atoms with Crippen molar-refractivity contribution in [3.63, 3.8) is 0 Å². The quantitative estimate of drug-likeness (QED) is 0.671. The van der Waals surface area contributed by atoms with Crippen molar-refractivity contribution in [3.05, 3.63) is 35.6 Å². The molecule has 1 aromatic carbocycles.